The topological polar surface area (TPSA) is 82.9 Å². The summed E-state index contributed by atoms with van der Waals surface area (Å²) < 4.78 is 8.13. The standard InChI is InChI=1S/C21H19ClN4O3/c1-13(2)11-26-20(27)16-8-3-4-9-17(16)25(21(26)28)12-18-23-19(24-29-18)14-6-5-7-15(22)10-14/h3-10,13H,11-12H2,1-2H3. The third kappa shape index (κ3) is 3.73. The largest absolute Gasteiger partial charge is 0.337 e. The van der Waals surface area contributed by atoms with E-state index < -0.39 is 5.69 Å². The molecule has 0 N–H and O–H groups in total. The zero-order valence-corrected chi connectivity index (χ0v) is 16.8. The summed E-state index contributed by atoms with van der Waals surface area (Å²) >= 11 is 6.03. The van der Waals surface area contributed by atoms with E-state index in [1.807, 2.05) is 19.9 Å². The van der Waals surface area contributed by atoms with E-state index in [0.29, 0.717) is 28.3 Å². The van der Waals surface area contributed by atoms with Gasteiger partial charge in [-0.2, -0.15) is 4.98 Å². The molecule has 0 amide bonds. The molecule has 0 radical (unpaired) electrons. The summed E-state index contributed by atoms with van der Waals surface area (Å²) in [4.78, 5) is 30.3. The molecule has 7 nitrogen and oxygen atoms in total. The number of fused-ring (bicyclic) bond motifs is 1. The van der Waals surface area contributed by atoms with Crippen LogP contribution in [0.5, 0.6) is 0 Å². The summed E-state index contributed by atoms with van der Waals surface area (Å²) in [6, 6.07) is 14.1. The van der Waals surface area contributed by atoms with Crippen LogP contribution in [-0.4, -0.2) is 19.3 Å². The lowest BCUT2D eigenvalue weighted by atomic mass is 10.2. The van der Waals surface area contributed by atoms with E-state index in [4.69, 9.17) is 16.1 Å². The number of benzene rings is 2. The Morgan fingerprint density at radius 1 is 1.07 bits per heavy atom. The fourth-order valence-corrected chi connectivity index (χ4v) is 3.44. The number of hydrogen-bond donors (Lipinski definition) is 0. The van der Waals surface area contributed by atoms with E-state index in [1.54, 1.807) is 42.5 Å². The van der Waals surface area contributed by atoms with Crippen molar-refractivity contribution in [1.82, 2.24) is 19.3 Å². The predicted molar refractivity (Wildman–Crippen MR) is 111 cm³/mol. The molecule has 0 aliphatic carbocycles. The minimum absolute atomic E-state index is 0.0608. The zero-order valence-electron chi connectivity index (χ0n) is 16.0. The van der Waals surface area contributed by atoms with Gasteiger partial charge in [0.1, 0.15) is 6.54 Å². The number of halogens is 1. The van der Waals surface area contributed by atoms with Gasteiger partial charge in [-0.15, -0.1) is 0 Å². The molecule has 0 bridgehead atoms. The smallest absolute Gasteiger partial charge is 0.331 e. The number of rotatable bonds is 5. The van der Waals surface area contributed by atoms with Gasteiger partial charge in [-0.1, -0.05) is 54.9 Å². The van der Waals surface area contributed by atoms with Crippen molar-refractivity contribution in [3.8, 4) is 11.4 Å². The molecule has 0 saturated carbocycles. The van der Waals surface area contributed by atoms with Gasteiger partial charge in [-0.25, -0.2) is 4.79 Å². The number of para-hydroxylation sites is 1. The van der Waals surface area contributed by atoms with Gasteiger partial charge in [0.05, 0.1) is 10.9 Å². The van der Waals surface area contributed by atoms with Crippen molar-refractivity contribution >= 4 is 22.5 Å². The van der Waals surface area contributed by atoms with Crippen LogP contribution in [0.1, 0.15) is 19.7 Å². The Labute approximate surface area is 171 Å². The first kappa shape index (κ1) is 19.1. The molecule has 2 aromatic carbocycles. The number of aromatic nitrogens is 4. The lowest BCUT2D eigenvalue weighted by Crippen LogP contribution is -2.41. The second kappa shape index (κ2) is 7.67. The second-order valence-electron chi connectivity index (χ2n) is 7.22. The van der Waals surface area contributed by atoms with E-state index >= 15 is 0 Å². The summed E-state index contributed by atoms with van der Waals surface area (Å²) in [7, 11) is 0. The Hall–Kier alpha value is -3.19. The maximum absolute atomic E-state index is 13.1. The summed E-state index contributed by atoms with van der Waals surface area (Å²) in [5.41, 5.74) is 0.560. The highest BCUT2D eigenvalue weighted by molar-refractivity contribution is 6.30. The normalized spacial score (nSPS) is 11.4. The summed E-state index contributed by atoms with van der Waals surface area (Å²) in [6.07, 6.45) is 0. The molecule has 0 saturated heterocycles. The van der Waals surface area contributed by atoms with Crippen molar-refractivity contribution in [3.63, 3.8) is 0 Å². The van der Waals surface area contributed by atoms with Gasteiger partial charge >= 0.3 is 5.69 Å². The SMILES string of the molecule is CC(C)Cn1c(=O)c2ccccc2n(Cc2nc(-c3cccc(Cl)c3)no2)c1=O. The van der Waals surface area contributed by atoms with Crippen molar-refractivity contribution < 1.29 is 4.52 Å². The maximum atomic E-state index is 13.1. The van der Waals surface area contributed by atoms with Gasteiger partial charge < -0.3 is 4.52 Å². The molecule has 148 valence electrons. The Morgan fingerprint density at radius 3 is 2.62 bits per heavy atom. The van der Waals surface area contributed by atoms with Crippen molar-refractivity contribution in [2.45, 2.75) is 26.9 Å². The first-order valence-corrected chi connectivity index (χ1v) is 9.62. The van der Waals surface area contributed by atoms with E-state index in [2.05, 4.69) is 10.1 Å². The van der Waals surface area contributed by atoms with Crippen LogP contribution in [0.3, 0.4) is 0 Å². The molecule has 0 fully saturated rings. The van der Waals surface area contributed by atoms with Crippen LogP contribution >= 0.6 is 11.6 Å². The van der Waals surface area contributed by atoms with Crippen LogP contribution in [0.4, 0.5) is 0 Å². The van der Waals surface area contributed by atoms with Crippen molar-refractivity contribution in [2.75, 3.05) is 0 Å². The van der Waals surface area contributed by atoms with Crippen LogP contribution < -0.4 is 11.2 Å². The number of nitrogens with zero attached hydrogens (tertiary/aromatic N) is 4. The molecule has 4 rings (SSSR count). The van der Waals surface area contributed by atoms with E-state index in [-0.39, 0.29) is 23.9 Å². The van der Waals surface area contributed by atoms with Crippen molar-refractivity contribution in [3.05, 3.63) is 80.3 Å². The summed E-state index contributed by atoms with van der Waals surface area (Å²) in [6.45, 7) is 4.31. The van der Waals surface area contributed by atoms with Crippen LogP contribution in [0.2, 0.25) is 5.02 Å². The highest BCUT2D eigenvalue weighted by Gasteiger charge is 2.17. The lowest BCUT2D eigenvalue weighted by molar-refractivity contribution is 0.368. The van der Waals surface area contributed by atoms with Gasteiger partial charge in [-0.05, 0) is 30.2 Å². The van der Waals surface area contributed by atoms with Crippen molar-refractivity contribution in [1.29, 1.82) is 0 Å². The average Bonchev–Trinajstić information content (AvgIpc) is 3.17. The quantitative estimate of drug-likeness (QED) is 0.502. The summed E-state index contributed by atoms with van der Waals surface area (Å²) in [5, 5.41) is 5.03. The third-order valence-corrected chi connectivity index (χ3v) is 4.76. The Balaban J connectivity index is 1.81. The van der Waals surface area contributed by atoms with Gasteiger partial charge in [0, 0.05) is 17.1 Å². The molecule has 0 atom stereocenters. The Morgan fingerprint density at radius 2 is 1.86 bits per heavy atom. The van der Waals surface area contributed by atoms with Gasteiger partial charge in [0.2, 0.25) is 11.7 Å². The minimum atomic E-state index is -0.398. The van der Waals surface area contributed by atoms with Crippen LogP contribution in [0, 0.1) is 5.92 Å². The average molecular weight is 411 g/mol. The molecule has 0 unspecified atom stereocenters. The molecule has 2 heterocycles. The molecule has 29 heavy (non-hydrogen) atoms. The number of hydrogen-bond acceptors (Lipinski definition) is 5. The zero-order chi connectivity index (χ0) is 20.5. The highest BCUT2D eigenvalue weighted by atomic mass is 35.5. The highest BCUT2D eigenvalue weighted by Crippen LogP contribution is 2.20. The first-order valence-electron chi connectivity index (χ1n) is 9.25. The Bertz CT molecular complexity index is 1300. The van der Waals surface area contributed by atoms with Gasteiger partial charge in [-0.3, -0.25) is 13.9 Å². The fraction of sp³-hybridized carbons (Fsp3) is 0.238. The van der Waals surface area contributed by atoms with Crippen LogP contribution in [0.15, 0.2) is 62.6 Å². The van der Waals surface area contributed by atoms with Gasteiger partial charge in [0.15, 0.2) is 0 Å². The van der Waals surface area contributed by atoms with E-state index in [9.17, 15) is 9.59 Å². The van der Waals surface area contributed by atoms with E-state index in [1.165, 1.54) is 9.13 Å². The molecular formula is C21H19ClN4O3. The fourth-order valence-electron chi connectivity index (χ4n) is 3.25. The van der Waals surface area contributed by atoms with Gasteiger partial charge in [0.25, 0.3) is 5.56 Å². The monoisotopic (exact) mass is 410 g/mol. The lowest BCUT2D eigenvalue weighted by Gasteiger charge is -2.14. The molecule has 4 aromatic rings. The molecular weight excluding hydrogens is 392 g/mol. The van der Waals surface area contributed by atoms with Crippen LogP contribution in [0.25, 0.3) is 22.3 Å². The Kier molecular flexibility index (Phi) is 5.07. The minimum Gasteiger partial charge on any atom is -0.337 e. The second-order valence-corrected chi connectivity index (χ2v) is 7.65. The van der Waals surface area contributed by atoms with E-state index in [0.717, 1.165) is 5.56 Å². The maximum Gasteiger partial charge on any atom is 0.331 e. The molecule has 0 aliphatic rings. The molecule has 2 aromatic heterocycles. The third-order valence-electron chi connectivity index (χ3n) is 4.52. The molecule has 0 aliphatic heterocycles. The predicted octanol–water partition coefficient (Wildman–Crippen LogP) is 3.57. The summed E-state index contributed by atoms with van der Waals surface area (Å²) in [5.74, 6) is 0.796. The van der Waals surface area contributed by atoms with Crippen molar-refractivity contribution in [2.24, 2.45) is 5.92 Å². The molecule has 0 spiro atoms. The first-order chi connectivity index (χ1) is 13.9. The molecule has 8 heteroatoms. The van der Waals surface area contributed by atoms with Crippen LogP contribution in [-0.2, 0) is 13.1 Å².